The Hall–Kier alpha value is -3.36. The van der Waals surface area contributed by atoms with Crippen LogP contribution in [0.2, 0.25) is 0 Å². The maximum absolute atomic E-state index is 12.0. The van der Waals surface area contributed by atoms with Crippen LogP contribution in [-0.2, 0) is 39.9 Å². The molecule has 0 saturated carbocycles. The quantitative estimate of drug-likeness (QED) is 0.406. The summed E-state index contributed by atoms with van der Waals surface area (Å²) in [6.07, 6.45) is -2.80. The molecule has 2 atom stereocenters. The normalized spacial score (nSPS) is 12.1. The van der Waals surface area contributed by atoms with Crippen LogP contribution in [0.1, 0.15) is 12.5 Å². The molecule has 1 aromatic rings. The SMILES string of the molecule is C=C(C)C(=O)OC(C(=O)OC)[C@H](NC(=O)OCc1ccccc1)C(=O)OC. The standard InChI is InChI=1S/C18H21NO8/c1-11(2)15(20)27-14(17(22)25-4)13(16(21)24-3)19-18(23)26-10-12-8-6-5-7-9-12/h5-9,13-14H,1,10H2,2-4H3,(H,19,23)/t13-,14?/m0/s1. The molecule has 0 bridgehead atoms. The molecule has 9 nitrogen and oxygen atoms in total. The van der Waals surface area contributed by atoms with Crippen LogP contribution in [0.3, 0.4) is 0 Å². The molecule has 0 aliphatic carbocycles. The van der Waals surface area contributed by atoms with E-state index >= 15 is 0 Å². The highest BCUT2D eigenvalue weighted by Gasteiger charge is 2.40. The Kier molecular flexibility index (Phi) is 8.50. The zero-order valence-electron chi connectivity index (χ0n) is 15.2. The van der Waals surface area contributed by atoms with Gasteiger partial charge in [-0.1, -0.05) is 36.9 Å². The second kappa shape index (κ2) is 10.6. The molecule has 27 heavy (non-hydrogen) atoms. The van der Waals surface area contributed by atoms with Crippen molar-refractivity contribution in [3.8, 4) is 0 Å². The number of ether oxygens (including phenoxy) is 4. The molecular weight excluding hydrogens is 358 g/mol. The second-order valence-electron chi connectivity index (χ2n) is 5.34. The van der Waals surface area contributed by atoms with E-state index in [1.165, 1.54) is 6.92 Å². The number of benzene rings is 1. The van der Waals surface area contributed by atoms with Gasteiger partial charge in [-0.15, -0.1) is 0 Å². The maximum Gasteiger partial charge on any atom is 0.408 e. The van der Waals surface area contributed by atoms with E-state index in [2.05, 4.69) is 21.4 Å². The molecule has 146 valence electrons. The first-order valence-corrected chi connectivity index (χ1v) is 7.79. The van der Waals surface area contributed by atoms with Crippen molar-refractivity contribution >= 4 is 24.0 Å². The minimum absolute atomic E-state index is 0.0147. The Morgan fingerprint density at radius 2 is 1.63 bits per heavy atom. The average Bonchev–Trinajstić information content (AvgIpc) is 2.68. The van der Waals surface area contributed by atoms with Crippen LogP contribution in [0.4, 0.5) is 4.79 Å². The number of nitrogens with one attached hydrogen (secondary N) is 1. The maximum atomic E-state index is 12.0. The van der Waals surface area contributed by atoms with Gasteiger partial charge in [-0.05, 0) is 12.5 Å². The van der Waals surface area contributed by atoms with Crippen LogP contribution in [0.5, 0.6) is 0 Å². The van der Waals surface area contributed by atoms with Crippen molar-refractivity contribution in [1.82, 2.24) is 5.32 Å². The average molecular weight is 379 g/mol. The van der Waals surface area contributed by atoms with E-state index in [4.69, 9.17) is 9.47 Å². The van der Waals surface area contributed by atoms with Crippen molar-refractivity contribution < 1.29 is 38.1 Å². The van der Waals surface area contributed by atoms with Gasteiger partial charge in [-0.2, -0.15) is 0 Å². The van der Waals surface area contributed by atoms with Crippen LogP contribution < -0.4 is 5.32 Å². The Bertz CT molecular complexity index is 701. The first-order valence-electron chi connectivity index (χ1n) is 7.79. The summed E-state index contributed by atoms with van der Waals surface area (Å²) < 4.78 is 19.0. The molecule has 0 radical (unpaired) electrons. The van der Waals surface area contributed by atoms with Crippen LogP contribution in [0, 0.1) is 0 Å². The van der Waals surface area contributed by atoms with Crippen LogP contribution in [-0.4, -0.2) is 50.4 Å². The number of carbonyl (C=O) groups is 4. The Morgan fingerprint density at radius 1 is 1.04 bits per heavy atom. The smallest absolute Gasteiger partial charge is 0.408 e. The third kappa shape index (κ3) is 6.81. The van der Waals surface area contributed by atoms with Crippen molar-refractivity contribution in [1.29, 1.82) is 0 Å². The summed E-state index contributed by atoms with van der Waals surface area (Å²) in [4.78, 5) is 47.8. The summed E-state index contributed by atoms with van der Waals surface area (Å²) >= 11 is 0. The molecule has 9 heteroatoms. The highest BCUT2D eigenvalue weighted by Crippen LogP contribution is 2.09. The van der Waals surface area contributed by atoms with Gasteiger partial charge in [-0.25, -0.2) is 19.2 Å². The number of hydrogen-bond acceptors (Lipinski definition) is 8. The molecule has 0 spiro atoms. The third-order valence-corrected chi connectivity index (χ3v) is 3.26. The van der Waals surface area contributed by atoms with Crippen molar-refractivity contribution in [3.05, 3.63) is 48.0 Å². The van der Waals surface area contributed by atoms with Gasteiger partial charge in [0.1, 0.15) is 6.61 Å². The summed E-state index contributed by atoms with van der Waals surface area (Å²) in [6.45, 7) is 4.66. The molecule has 0 aromatic heterocycles. The molecular formula is C18H21NO8. The van der Waals surface area contributed by atoms with Crippen molar-refractivity contribution in [3.63, 3.8) is 0 Å². The van der Waals surface area contributed by atoms with Gasteiger partial charge in [0.2, 0.25) is 6.10 Å². The minimum atomic E-state index is -1.78. The highest BCUT2D eigenvalue weighted by atomic mass is 16.6. The summed E-state index contributed by atoms with van der Waals surface area (Å²) in [6, 6.07) is 7.12. The summed E-state index contributed by atoms with van der Waals surface area (Å²) in [5.74, 6) is -3.04. The fourth-order valence-electron chi connectivity index (χ4n) is 1.86. The van der Waals surface area contributed by atoms with Gasteiger partial charge in [0, 0.05) is 5.57 Å². The summed E-state index contributed by atoms with van der Waals surface area (Å²) in [5.41, 5.74) is 0.694. The van der Waals surface area contributed by atoms with Crippen LogP contribution in [0.15, 0.2) is 42.5 Å². The zero-order chi connectivity index (χ0) is 20.4. The fraction of sp³-hybridized carbons (Fsp3) is 0.333. The predicted molar refractivity (Wildman–Crippen MR) is 92.3 cm³/mol. The summed E-state index contributed by atoms with van der Waals surface area (Å²) in [7, 11) is 2.08. The van der Waals surface area contributed by atoms with Gasteiger partial charge < -0.3 is 24.3 Å². The first kappa shape index (κ1) is 21.7. The Labute approximate surface area is 156 Å². The largest absolute Gasteiger partial charge is 0.467 e. The van der Waals surface area contributed by atoms with E-state index in [-0.39, 0.29) is 12.2 Å². The zero-order valence-corrected chi connectivity index (χ0v) is 15.2. The van der Waals surface area contributed by atoms with Gasteiger partial charge >= 0.3 is 24.0 Å². The van der Waals surface area contributed by atoms with E-state index in [9.17, 15) is 19.2 Å². The van der Waals surface area contributed by atoms with E-state index in [1.807, 2.05) is 0 Å². The Balaban J connectivity index is 2.90. The molecule has 0 heterocycles. The van der Waals surface area contributed by atoms with Gasteiger partial charge in [0.15, 0.2) is 6.04 Å². The topological polar surface area (TPSA) is 117 Å². The number of hydrogen-bond donors (Lipinski definition) is 1. The molecule has 0 saturated heterocycles. The van der Waals surface area contributed by atoms with Crippen LogP contribution in [0.25, 0.3) is 0 Å². The molecule has 1 rings (SSSR count). The molecule has 1 N–H and O–H groups in total. The number of amides is 1. The molecule has 1 aromatic carbocycles. The van der Waals surface area contributed by atoms with Crippen molar-refractivity contribution in [2.45, 2.75) is 25.7 Å². The number of methoxy groups -OCH3 is 2. The number of carbonyl (C=O) groups excluding carboxylic acids is 4. The molecule has 1 unspecified atom stereocenters. The van der Waals surface area contributed by atoms with E-state index in [0.29, 0.717) is 5.56 Å². The lowest BCUT2D eigenvalue weighted by atomic mass is 10.1. The Morgan fingerprint density at radius 3 is 2.15 bits per heavy atom. The number of rotatable bonds is 8. The highest BCUT2D eigenvalue weighted by molar-refractivity contribution is 5.93. The van der Waals surface area contributed by atoms with E-state index < -0.39 is 36.1 Å². The minimum Gasteiger partial charge on any atom is -0.467 e. The van der Waals surface area contributed by atoms with Gasteiger partial charge in [-0.3, -0.25) is 0 Å². The van der Waals surface area contributed by atoms with E-state index in [0.717, 1.165) is 14.2 Å². The molecule has 1 amide bonds. The number of alkyl carbamates (subject to hydrolysis) is 1. The lowest BCUT2D eigenvalue weighted by Gasteiger charge is -2.23. The van der Waals surface area contributed by atoms with E-state index in [1.54, 1.807) is 30.3 Å². The first-order chi connectivity index (χ1) is 12.8. The van der Waals surface area contributed by atoms with Crippen molar-refractivity contribution in [2.24, 2.45) is 0 Å². The van der Waals surface area contributed by atoms with Gasteiger partial charge in [0.25, 0.3) is 0 Å². The second-order valence-corrected chi connectivity index (χ2v) is 5.34. The molecule has 0 fully saturated rings. The summed E-state index contributed by atoms with van der Waals surface area (Å²) in [5, 5.41) is 2.15. The lowest BCUT2D eigenvalue weighted by molar-refractivity contribution is -0.170. The molecule has 0 aliphatic rings. The predicted octanol–water partition coefficient (Wildman–Crippen LogP) is 1.12. The lowest BCUT2D eigenvalue weighted by Crippen LogP contribution is -2.54. The van der Waals surface area contributed by atoms with Gasteiger partial charge in [0.05, 0.1) is 14.2 Å². The fourth-order valence-corrected chi connectivity index (χ4v) is 1.86. The monoisotopic (exact) mass is 379 g/mol. The third-order valence-electron chi connectivity index (χ3n) is 3.26. The number of esters is 3. The van der Waals surface area contributed by atoms with Crippen LogP contribution >= 0.6 is 0 Å². The van der Waals surface area contributed by atoms with Crippen molar-refractivity contribution in [2.75, 3.05) is 14.2 Å². The molecule has 0 aliphatic heterocycles.